The lowest BCUT2D eigenvalue weighted by molar-refractivity contribution is -0.120. The highest BCUT2D eigenvalue weighted by atomic mass is 19.1. The minimum absolute atomic E-state index is 0.0830. The smallest absolute Gasteiger partial charge is 0.251 e. The molecule has 0 atom stereocenters. The Morgan fingerprint density at radius 2 is 1.56 bits per heavy atom. The van der Waals surface area contributed by atoms with E-state index in [4.69, 9.17) is 0 Å². The van der Waals surface area contributed by atoms with Crippen LogP contribution < -0.4 is 10.6 Å². The van der Waals surface area contributed by atoms with Gasteiger partial charge in [0, 0.05) is 18.7 Å². The Bertz CT molecular complexity index is 697. The van der Waals surface area contributed by atoms with Gasteiger partial charge in [-0.05, 0) is 41.8 Å². The summed E-state index contributed by atoms with van der Waals surface area (Å²) < 4.78 is 12.8. The van der Waals surface area contributed by atoms with Crippen LogP contribution in [0.3, 0.4) is 0 Å². The molecule has 0 saturated carbocycles. The molecular formula is C20H23FN2O2. The maximum atomic E-state index is 12.8. The average Bonchev–Trinajstić information content (AvgIpc) is 2.62. The van der Waals surface area contributed by atoms with E-state index in [0.29, 0.717) is 18.7 Å². The highest BCUT2D eigenvalue weighted by Crippen LogP contribution is 2.06. The zero-order valence-corrected chi connectivity index (χ0v) is 14.3. The largest absolute Gasteiger partial charge is 0.352 e. The number of hydrogen-bond acceptors (Lipinski definition) is 2. The topological polar surface area (TPSA) is 58.2 Å². The van der Waals surface area contributed by atoms with Crippen LogP contribution in [0.15, 0.2) is 48.5 Å². The zero-order chi connectivity index (χ0) is 18.1. The second-order valence-corrected chi connectivity index (χ2v) is 5.89. The van der Waals surface area contributed by atoms with Gasteiger partial charge in [0.1, 0.15) is 5.82 Å². The number of halogens is 1. The van der Waals surface area contributed by atoms with Crippen LogP contribution in [0.25, 0.3) is 0 Å². The SMILES string of the molecule is CCCCNC(=O)c1ccc(CNC(=O)Cc2ccc(F)cc2)cc1. The molecule has 4 nitrogen and oxygen atoms in total. The summed E-state index contributed by atoms with van der Waals surface area (Å²) in [6, 6.07) is 13.0. The van der Waals surface area contributed by atoms with Crippen LogP contribution in [0.4, 0.5) is 4.39 Å². The number of nitrogens with one attached hydrogen (secondary N) is 2. The van der Waals surface area contributed by atoms with Gasteiger partial charge in [-0.15, -0.1) is 0 Å². The first-order valence-corrected chi connectivity index (χ1v) is 8.46. The van der Waals surface area contributed by atoms with Crippen molar-refractivity contribution in [2.24, 2.45) is 0 Å². The van der Waals surface area contributed by atoms with Gasteiger partial charge in [0.25, 0.3) is 5.91 Å². The summed E-state index contributed by atoms with van der Waals surface area (Å²) in [5.41, 5.74) is 2.29. The highest BCUT2D eigenvalue weighted by molar-refractivity contribution is 5.94. The van der Waals surface area contributed by atoms with E-state index >= 15 is 0 Å². The summed E-state index contributed by atoms with van der Waals surface area (Å²) in [5.74, 6) is -0.531. The molecule has 0 aliphatic rings. The van der Waals surface area contributed by atoms with E-state index in [2.05, 4.69) is 17.6 Å². The Kier molecular flexibility index (Phi) is 7.14. The molecule has 0 aromatic heterocycles. The molecule has 2 N–H and O–H groups in total. The number of rotatable bonds is 8. The first kappa shape index (κ1) is 18.6. The maximum Gasteiger partial charge on any atom is 0.251 e. The predicted octanol–water partition coefficient (Wildman–Crippen LogP) is 3.21. The maximum absolute atomic E-state index is 12.8. The van der Waals surface area contributed by atoms with E-state index in [0.717, 1.165) is 24.0 Å². The van der Waals surface area contributed by atoms with Crippen molar-refractivity contribution in [1.29, 1.82) is 0 Å². The molecular weight excluding hydrogens is 319 g/mol. The van der Waals surface area contributed by atoms with Gasteiger partial charge in [0.2, 0.25) is 5.91 Å². The molecule has 0 spiro atoms. The molecule has 0 aliphatic carbocycles. The van der Waals surface area contributed by atoms with Crippen LogP contribution in [-0.2, 0) is 17.8 Å². The van der Waals surface area contributed by atoms with Crippen LogP contribution in [-0.4, -0.2) is 18.4 Å². The molecule has 2 amide bonds. The Morgan fingerprint density at radius 1 is 0.920 bits per heavy atom. The van der Waals surface area contributed by atoms with Crippen LogP contribution in [0.1, 0.15) is 41.3 Å². The number of benzene rings is 2. The van der Waals surface area contributed by atoms with Crippen molar-refractivity contribution >= 4 is 11.8 Å². The standard InChI is InChI=1S/C20H23FN2O2/c1-2-3-12-22-20(25)17-8-4-16(5-9-17)14-23-19(24)13-15-6-10-18(21)11-7-15/h4-11H,2-3,12-14H2,1H3,(H,22,25)(H,23,24). The fourth-order valence-electron chi connectivity index (χ4n) is 2.31. The Morgan fingerprint density at radius 3 is 2.20 bits per heavy atom. The summed E-state index contributed by atoms with van der Waals surface area (Å²) in [6.07, 6.45) is 2.21. The van der Waals surface area contributed by atoms with Crippen molar-refractivity contribution in [2.45, 2.75) is 32.7 Å². The van der Waals surface area contributed by atoms with Gasteiger partial charge < -0.3 is 10.6 Å². The third-order valence-corrected chi connectivity index (χ3v) is 3.80. The van der Waals surface area contributed by atoms with Gasteiger partial charge in [0.05, 0.1) is 6.42 Å². The molecule has 2 aromatic rings. The monoisotopic (exact) mass is 342 g/mol. The third-order valence-electron chi connectivity index (χ3n) is 3.80. The molecule has 2 rings (SSSR count). The molecule has 0 bridgehead atoms. The van der Waals surface area contributed by atoms with Crippen molar-refractivity contribution < 1.29 is 14.0 Å². The second-order valence-electron chi connectivity index (χ2n) is 5.89. The van der Waals surface area contributed by atoms with Crippen LogP contribution in [0, 0.1) is 5.82 Å². The third kappa shape index (κ3) is 6.37. The number of carbonyl (C=O) groups is 2. The van der Waals surface area contributed by atoms with E-state index in [-0.39, 0.29) is 24.1 Å². The number of amides is 2. The average molecular weight is 342 g/mol. The highest BCUT2D eigenvalue weighted by Gasteiger charge is 2.06. The Hall–Kier alpha value is -2.69. The predicted molar refractivity (Wildman–Crippen MR) is 95.6 cm³/mol. The normalized spacial score (nSPS) is 10.3. The zero-order valence-electron chi connectivity index (χ0n) is 14.3. The molecule has 0 aliphatic heterocycles. The lowest BCUT2D eigenvalue weighted by Gasteiger charge is -2.07. The van der Waals surface area contributed by atoms with E-state index < -0.39 is 0 Å². The summed E-state index contributed by atoms with van der Waals surface area (Å²) >= 11 is 0. The van der Waals surface area contributed by atoms with E-state index in [1.54, 1.807) is 24.3 Å². The number of carbonyl (C=O) groups excluding carboxylic acids is 2. The van der Waals surface area contributed by atoms with Gasteiger partial charge in [-0.25, -0.2) is 4.39 Å². The number of unbranched alkanes of at least 4 members (excludes halogenated alkanes) is 1. The second kappa shape index (κ2) is 9.57. The lowest BCUT2D eigenvalue weighted by Crippen LogP contribution is -2.25. The molecule has 0 fully saturated rings. The van der Waals surface area contributed by atoms with Crippen LogP contribution in [0.5, 0.6) is 0 Å². The van der Waals surface area contributed by atoms with Crippen LogP contribution in [0.2, 0.25) is 0 Å². The summed E-state index contributed by atoms with van der Waals surface area (Å²) in [7, 11) is 0. The van der Waals surface area contributed by atoms with E-state index in [1.807, 2.05) is 12.1 Å². The first-order valence-electron chi connectivity index (χ1n) is 8.46. The van der Waals surface area contributed by atoms with E-state index in [9.17, 15) is 14.0 Å². The van der Waals surface area contributed by atoms with Crippen molar-refractivity contribution in [2.75, 3.05) is 6.54 Å². The van der Waals surface area contributed by atoms with Gasteiger partial charge in [-0.1, -0.05) is 37.6 Å². The van der Waals surface area contributed by atoms with E-state index in [1.165, 1.54) is 12.1 Å². The minimum atomic E-state index is -0.317. The van der Waals surface area contributed by atoms with Crippen LogP contribution >= 0.6 is 0 Å². The summed E-state index contributed by atoms with van der Waals surface area (Å²) in [5, 5.41) is 5.68. The van der Waals surface area contributed by atoms with Gasteiger partial charge >= 0.3 is 0 Å². The molecule has 0 saturated heterocycles. The number of hydrogen-bond donors (Lipinski definition) is 2. The molecule has 132 valence electrons. The molecule has 25 heavy (non-hydrogen) atoms. The van der Waals surface area contributed by atoms with Gasteiger partial charge in [-0.2, -0.15) is 0 Å². The molecule has 0 radical (unpaired) electrons. The first-order chi connectivity index (χ1) is 12.1. The molecule has 0 heterocycles. The fourth-order valence-corrected chi connectivity index (χ4v) is 2.31. The van der Waals surface area contributed by atoms with Gasteiger partial charge in [-0.3, -0.25) is 9.59 Å². The van der Waals surface area contributed by atoms with Crippen molar-refractivity contribution in [1.82, 2.24) is 10.6 Å². The molecule has 0 unspecified atom stereocenters. The van der Waals surface area contributed by atoms with Crippen molar-refractivity contribution in [3.63, 3.8) is 0 Å². The molecule has 2 aromatic carbocycles. The Labute approximate surface area is 147 Å². The Balaban J connectivity index is 1.79. The van der Waals surface area contributed by atoms with Crippen molar-refractivity contribution in [3.8, 4) is 0 Å². The quantitative estimate of drug-likeness (QED) is 0.724. The molecule has 5 heteroatoms. The van der Waals surface area contributed by atoms with Crippen molar-refractivity contribution in [3.05, 3.63) is 71.0 Å². The lowest BCUT2D eigenvalue weighted by atomic mass is 10.1. The fraction of sp³-hybridized carbons (Fsp3) is 0.300. The summed E-state index contributed by atoms with van der Waals surface area (Å²) in [4.78, 5) is 23.8. The van der Waals surface area contributed by atoms with Gasteiger partial charge in [0.15, 0.2) is 0 Å². The minimum Gasteiger partial charge on any atom is -0.352 e. The summed E-state index contributed by atoms with van der Waals surface area (Å²) in [6.45, 7) is 3.14.